The predicted octanol–water partition coefficient (Wildman–Crippen LogP) is 3.48. The summed E-state index contributed by atoms with van der Waals surface area (Å²) in [5, 5.41) is 0. The molecule has 0 amide bonds. The first-order valence-corrected chi connectivity index (χ1v) is 8.90. The Balaban J connectivity index is 1.58. The van der Waals surface area contributed by atoms with E-state index >= 15 is 0 Å². The normalized spacial score (nSPS) is 28.1. The lowest BCUT2D eigenvalue weighted by atomic mass is 9.90. The van der Waals surface area contributed by atoms with Gasteiger partial charge >= 0.3 is 0 Å². The van der Waals surface area contributed by atoms with E-state index in [1.165, 1.54) is 31.2 Å². The van der Waals surface area contributed by atoms with Gasteiger partial charge in [0.2, 0.25) is 0 Å². The van der Waals surface area contributed by atoms with E-state index in [0.717, 1.165) is 30.6 Å². The number of hydrogen-bond donors (Lipinski definition) is 1. The van der Waals surface area contributed by atoms with Crippen LogP contribution in [0.3, 0.4) is 0 Å². The minimum atomic E-state index is 0.102. The summed E-state index contributed by atoms with van der Waals surface area (Å²) in [6, 6.07) is 9.02. The maximum absolute atomic E-state index is 6.39. The molecule has 0 aromatic heterocycles. The van der Waals surface area contributed by atoms with E-state index in [0.29, 0.717) is 12.1 Å². The minimum absolute atomic E-state index is 0.102. The summed E-state index contributed by atoms with van der Waals surface area (Å²) < 4.78 is 7.06. The third-order valence-electron chi connectivity index (χ3n) is 4.88. The van der Waals surface area contributed by atoms with E-state index in [2.05, 4.69) is 39.0 Å². The largest absolute Gasteiger partial charge is 0.375 e. The second-order valence-electron chi connectivity index (χ2n) is 6.21. The number of fused-ring (bicyclic) bond motifs is 1. The van der Waals surface area contributed by atoms with Crippen molar-refractivity contribution < 1.29 is 4.74 Å². The zero-order valence-corrected chi connectivity index (χ0v) is 14.1. The van der Waals surface area contributed by atoms with Gasteiger partial charge in [-0.05, 0) is 30.9 Å². The highest BCUT2D eigenvalue weighted by molar-refractivity contribution is 9.10. The molecule has 0 radical (unpaired) electrons. The van der Waals surface area contributed by atoms with Crippen LogP contribution in [0.4, 0.5) is 0 Å². The van der Waals surface area contributed by atoms with Crippen LogP contribution in [0.5, 0.6) is 0 Å². The molecule has 1 saturated heterocycles. The van der Waals surface area contributed by atoms with Gasteiger partial charge in [-0.3, -0.25) is 4.90 Å². The van der Waals surface area contributed by atoms with Gasteiger partial charge in [-0.25, -0.2) is 0 Å². The van der Waals surface area contributed by atoms with Crippen LogP contribution >= 0.6 is 15.9 Å². The fourth-order valence-electron chi connectivity index (χ4n) is 3.69. The summed E-state index contributed by atoms with van der Waals surface area (Å²) in [7, 11) is 0. The number of hydrogen-bond acceptors (Lipinski definition) is 3. The highest BCUT2D eigenvalue weighted by Gasteiger charge is 2.33. The van der Waals surface area contributed by atoms with Crippen molar-refractivity contribution in [2.75, 3.05) is 19.7 Å². The van der Waals surface area contributed by atoms with Crippen LogP contribution < -0.4 is 5.73 Å². The van der Waals surface area contributed by atoms with Gasteiger partial charge < -0.3 is 10.5 Å². The number of rotatable bonds is 4. The SMILES string of the molecule is NC(CCN1CCOC2CCCCC21)c1ccccc1Br. The minimum Gasteiger partial charge on any atom is -0.375 e. The zero-order valence-electron chi connectivity index (χ0n) is 12.5. The Morgan fingerprint density at radius 3 is 2.95 bits per heavy atom. The standard InChI is InChI=1S/C17H25BrN2O/c18-14-6-2-1-5-13(14)15(19)9-10-20-11-12-21-17-8-4-3-7-16(17)20/h1-2,5-6,15-17H,3-4,7-12,19H2. The third kappa shape index (κ3) is 3.67. The fraction of sp³-hybridized carbons (Fsp3) is 0.647. The van der Waals surface area contributed by atoms with E-state index in [4.69, 9.17) is 10.5 Å². The average molecular weight is 353 g/mol. The first kappa shape index (κ1) is 15.5. The van der Waals surface area contributed by atoms with Crippen LogP contribution in [0.25, 0.3) is 0 Å². The van der Waals surface area contributed by atoms with Gasteiger partial charge in [-0.15, -0.1) is 0 Å². The molecular weight excluding hydrogens is 328 g/mol. The van der Waals surface area contributed by atoms with E-state index in [9.17, 15) is 0 Å². The Kier molecular flexibility index (Phi) is 5.33. The molecule has 1 aromatic carbocycles. The molecule has 3 rings (SSSR count). The highest BCUT2D eigenvalue weighted by Crippen LogP contribution is 2.30. The lowest BCUT2D eigenvalue weighted by Crippen LogP contribution is -2.53. The van der Waals surface area contributed by atoms with Crippen LogP contribution in [0.1, 0.15) is 43.7 Å². The Morgan fingerprint density at radius 2 is 2.10 bits per heavy atom. The second kappa shape index (κ2) is 7.23. The molecule has 116 valence electrons. The number of nitrogens with zero attached hydrogens (tertiary/aromatic N) is 1. The first-order chi connectivity index (χ1) is 10.3. The molecule has 1 aliphatic heterocycles. The number of halogens is 1. The monoisotopic (exact) mass is 352 g/mol. The molecule has 21 heavy (non-hydrogen) atoms. The molecule has 1 saturated carbocycles. The lowest BCUT2D eigenvalue weighted by Gasteiger charge is -2.44. The third-order valence-corrected chi connectivity index (χ3v) is 5.60. The Bertz CT molecular complexity index is 466. The Hall–Kier alpha value is -0.420. The summed E-state index contributed by atoms with van der Waals surface area (Å²) in [6.45, 7) is 3.02. The molecule has 1 heterocycles. The molecule has 3 unspecified atom stereocenters. The van der Waals surface area contributed by atoms with E-state index < -0.39 is 0 Å². The van der Waals surface area contributed by atoms with Crippen molar-refractivity contribution >= 4 is 15.9 Å². The van der Waals surface area contributed by atoms with E-state index in [1.54, 1.807) is 0 Å². The van der Waals surface area contributed by atoms with Crippen LogP contribution in [0.15, 0.2) is 28.7 Å². The van der Waals surface area contributed by atoms with Crippen molar-refractivity contribution in [3.8, 4) is 0 Å². The smallest absolute Gasteiger partial charge is 0.0730 e. The molecule has 3 nitrogen and oxygen atoms in total. The molecule has 0 spiro atoms. The molecule has 0 bridgehead atoms. The molecule has 3 atom stereocenters. The van der Waals surface area contributed by atoms with Crippen LogP contribution in [0.2, 0.25) is 0 Å². The van der Waals surface area contributed by atoms with Crippen LogP contribution in [-0.4, -0.2) is 36.7 Å². The summed E-state index contributed by atoms with van der Waals surface area (Å²) in [4.78, 5) is 2.62. The van der Waals surface area contributed by atoms with Crippen LogP contribution in [0, 0.1) is 0 Å². The van der Waals surface area contributed by atoms with Crippen molar-refractivity contribution in [3.05, 3.63) is 34.3 Å². The summed E-state index contributed by atoms with van der Waals surface area (Å²) in [6.07, 6.45) is 6.66. The molecule has 2 N–H and O–H groups in total. The number of ether oxygens (including phenoxy) is 1. The molecule has 2 aliphatic rings. The van der Waals surface area contributed by atoms with Crippen molar-refractivity contribution in [2.45, 2.75) is 50.3 Å². The van der Waals surface area contributed by atoms with Gasteiger partial charge in [0.15, 0.2) is 0 Å². The van der Waals surface area contributed by atoms with Crippen LogP contribution in [-0.2, 0) is 4.74 Å². The molecule has 1 aliphatic carbocycles. The fourth-order valence-corrected chi connectivity index (χ4v) is 4.27. The molecule has 1 aromatic rings. The van der Waals surface area contributed by atoms with Gasteiger partial charge in [-0.2, -0.15) is 0 Å². The van der Waals surface area contributed by atoms with Crippen molar-refractivity contribution in [1.29, 1.82) is 0 Å². The molecule has 4 heteroatoms. The second-order valence-corrected chi connectivity index (χ2v) is 7.07. The Morgan fingerprint density at radius 1 is 1.29 bits per heavy atom. The maximum Gasteiger partial charge on any atom is 0.0730 e. The van der Waals surface area contributed by atoms with Gasteiger partial charge in [0.1, 0.15) is 0 Å². The Labute approximate surface area is 136 Å². The molecule has 2 fully saturated rings. The number of morpholine rings is 1. The van der Waals surface area contributed by atoms with E-state index in [-0.39, 0.29) is 6.04 Å². The maximum atomic E-state index is 6.39. The van der Waals surface area contributed by atoms with Crippen molar-refractivity contribution in [3.63, 3.8) is 0 Å². The first-order valence-electron chi connectivity index (χ1n) is 8.11. The van der Waals surface area contributed by atoms with Crippen molar-refractivity contribution in [1.82, 2.24) is 4.90 Å². The van der Waals surface area contributed by atoms with Gasteiger partial charge in [0.25, 0.3) is 0 Å². The quantitative estimate of drug-likeness (QED) is 0.901. The summed E-state index contributed by atoms with van der Waals surface area (Å²) in [5.74, 6) is 0. The van der Waals surface area contributed by atoms with E-state index in [1.807, 2.05) is 6.07 Å². The summed E-state index contributed by atoms with van der Waals surface area (Å²) in [5.41, 5.74) is 7.61. The van der Waals surface area contributed by atoms with Gasteiger partial charge in [0.05, 0.1) is 12.7 Å². The number of benzene rings is 1. The van der Waals surface area contributed by atoms with Gasteiger partial charge in [0, 0.05) is 29.6 Å². The summed E-state index contributed by atoms with van der Waals surface area (Å²) >= 11 is 3.60. The zero-order chi connectivity index (χ0) is 14.7. The van der Waals surface area contributed by atoms with Gasteiger partial charge in [-0.1, -0.05) is 47.0 Å². The van der Waals surface area contributed by atoms with Crippen molar-refractivity contribution in [2.24, 2.45) is 5.73 Å². The highest BCUT2D eigenvalue weighted by atomic mass is 79.9. The molecular formula is C17H25BrN2O. The topological polar surface area (TPSA) is 38.5 Å². The number of nitrogens with two attached hydrogens (primary N) is 1. The average Bonchev–Trinajstić information content (AvgIpc) is 2.53. The predicted molar refractivity (Wildman–Crippen MR) is 89.3 cm³/mol. The lowest BCUT2D eigenvalue weighted by molar-refractivity contribution is -0.0885.